The summed E-state index contributed by atoms with van der Waals surface area (Å²) >= 11 is 0. The Morgan fingerprint density at radius 2 is 1.82 bits per heavy atom. The minimum atomic E-state index is -0.996. The molecular formula is C25H21N3O5. The van der Waals surface area contributed by atoms with E-state index in [1.165, 1.54) is 0 Å². The number of anilines is 1. The normalized spacial score (nSPS) is 19.8. The molecule has 1 N–H and O–H groups in total. The number of ether oxygens (including phenoxy) is 3. The zero-order valence-corrected chi connectivity index (χ0v) is 18.0. The molecule has 0 radical (unpaired) electrons. The molecule has 3 aliphatic rings. The van der Waals surface area contributed by atoms with Crippen LogP contribution in [0.4, 0.5) is 5.69 Å². The number of carbonyl (C=O) groups excluding carboxylic acids is 2. The molecular weight excluding hydrogens is 422 g/mol. The smallest absolute Gasteiger partial charge is 0.252 e. The van der Waals surface area contributed by atoms with E-state index in [0.29, 0.717) is 41.7 Å². The lowest BCUT2D eigenvalue weighted by Gasteiger charge is -2.25. The van der Waals surface area contributed by atoms with E-state index in [0.717, 1.165) is 16.8 Å². The van der Waals surface area contributed by atoms with Crippen molar-refractivity contribution in [1.82, 2.24) is 10.3 Å². The number of hydrogen-bond donors (Lipinski definition) is 1. The number of hydrogen-bond acceptors (Lipinski definition) is 6. The monoisotopic (exact) mass is 443 g/mol. The molecule has 3 aromatic rings. The van der Waals surface area contributed by atoms with Crippen LogP contribution in [0.1, 0.15) is 27.2 Å². The van der Waals surface area contributed by atoms with Gasteiger partial charge in [-0.2, -0.15) is 0 Å². The number of amides is 2. The van der Waals surface area contributed by atoms with Gasteiger partial charge in [0.1, 0.15) is 31.0 Å². The minimum absolute atomic E-state index is 0.118. The van der Waals surface area contributed by atoms with E-state index in [2.05, 4.69) is 10.3 Å². The molecule has 0 fully saturated rings. The molecule has 2 aromatic carbocycles. The topological polar surface area (TPSA) is 90.0 Å². The largest absolute Gasteiger partial charge is 0.491 e. The van der Waals surface area contributed by atoms with Gasteiger partial charge in [-0.1, -0.05) is 18.2 Å². The second-order valence-corrected chi connectivity index (χ2v) is 8.17. The first-order chi connectivity index (χ1) is 16.1. The number of nitrogens with zero attached hydrogens (tertiary/aromatic N) is 2. The van der Waals surface area contributed by atoms with Crippen molar-refractivity contribution in [2.75, 3.05) is 31.8 Å². The van der Waals surface area contributed by atoms with Crippen molar-refractivity contribution in [3.63, 3.8) is 0 Å². The number of rotatable bonds is 3. The van der Waals surface area contributed by atoms with Gasteiger partial charge in [-0.25, -0.2) is 0 Å². The van der Waals surface area contributed by atoms with Crippen LogP contribution in [0.25, 0.3) is 0 Å². The van der Waals surface area contributed by atoms with Gasteiger partial charge in [-0.3, -0.25) is 14.6 Å². The molecule has 0 aliphatic carbocycles. The Bertz CT molecular complexity index is 1310. The van der Waals surface area contributed by atoms with E-state index in [1.807, 2.05) is 30.3 Å². The summed E-state index contributed by atoms with van der Waals surface area (Å²) in [4.78, 5) is 32.6. The molecule has 0 saturated carbocycles. The fourth-order valence-electron chi connectivity index (χ4n) is 4.92. The lowest BCUT2D eigenvalue weighted by molar-refractivity contribution is -0.122. The zero-order chi connectivity index (χ0) is 22.6. The summed E-state index contributed by atoms with van der Waals surface area (Å²) in [5.74, 6) is 1.49. The summed E-state index contributed by atoms with van der Waals surface area (Å²) < 4.78 is 17.5. The predicted octanol–water partition coefficient (Wildman–Crippen LogP) is 2.44. The second-order valence-electron chi connectivity index (χ2n) is 8.17. The van der Waals surface area contributed by atoms with Gasteiger partial charge in [0.25, 0.3) is 5.91 Å². The number of para-hydroxylation sites is 1. The predicted molar refractivity (Wildman–Crippen MR) is 119 cm³/mol. The highest BCUT2D eigenvalue weighted by Gasteiger charge is 2.57. The van der Waals surface area contributed by atoms with E-state index < -0.39 is 5.41 Å². The number of pyridine rings is 1. The Balaban J connectivity index is 1.47. The highest BCUT2D eigenvalue weighted by molar-refractivity contribution is 6.11. The van der Waals surface area contributed by atoms with Crippen molar-refractivity contribution in [3.8, 4) is 17.2 Å². The van der Waals surface area contributed by atoms with Crippen molar-refractivity contribution >= 4 is 17.5 Å². The lowest BCUT2D eigenvalue weighted by Crippen LogP contribution is -2.42. The zero-order valence-electron chi connectivity index (χ0n) is 18.0. The summed E-state index contributed by atoms with van der Waals surface area (Å²) in [7, 11) is 1.57. The van der Waals surface area contributed by atoms with E-state index in [-0.39, 0.29) is 25.0 Å². The van der Waals surface area contributed by atoms with Crippen LogP contribution in [-0.2, 0) is 16.8 Å². The molecule has 0 bridgehead atoms. The minimum Gasteiger partial charge on any atom is -0.491 e. The molecule has 8 nitrogen and oxygen atoms in total. The second kappa shape index (κ2) is 7.23. The van der Waals surface area contributed by atoms with E-state index in [4.69, 9.17) is 14.2 Å². The summed E-state index contributed by atoms with van der Waals surface area (Å²) in [6.45, 7) is 1.28. The number of carbonyl (C=O) groups is 2. The molecule has 4 heterocycles. The maximum atomic E-state index is 14.1. The van der Waals surface area contributed by atoms with E-state index in [1.54, 1.807) is 36.3 Å². The van der Waals surface area contributed by atoms with E-state index in [9.17, 15) is 9.59 Å². The molecule has 6 rings (SSSR count). The standard InChI is InChI=1S/C25H21N3O5/c1-26-23(29)15-5-4-8-27-18(15)13-28-19-7-3-2-6-16(19)25(24(28)30)14-33-20-12-22-21(11-17(20)25)31-9-10-32-22/h2-8,11-12H,9-10,13-14H2,1H3,(H,26,29). The van der Waals surface area contributed by atoms with Crippen molar-refractivity contribution in [2.24, 2.45) is 0 Å². The SMILES string of the molecule is CNC(=O)c1cccnc1CN1C(=O)C2(COc3cc4c(cc32)OCCO4)c2ccccc21. The third-order valence-corrected chi connectivity index (χ3v) is 6.48. The van der Waals surface area contributed by atoms with Gasteiger partial charge >= 0.3 is 0 Å². The maximum Gasteiger partial charge on any atom is 0.252 e. The Morgan fingerprint density at radius 3 is 2.64 bits per heavy atom. The van der Waals surface area contributed by atoms with Crippen molar-refractivity contribution in [2.45, 2.75) is 12.0 Å². The van der Waals surface area contributed by atoms with Crippen molar-refractivity contribution in [1.29, 1.82) is 0 Å². The molecule has 1 aromatic heterocycles. The third-order valence-electron chi connectivity index (χ3n) is 6.48. The molecule has 8 heteroatoms. The molecule has 0 saturated heterocycles. The van der Waals surface area contributed by atoms with Crippen LogP contribution < -0.4 is 24.4 Å². The molecule has 33 heavy (non-hydrogen) atoms. The average molecular weight is 443 g/mol. The van der Waals surface area contributed by atoms with Crippen LogP contribution in [0, 0.1) is 0 Å². The molecule has 1 spiro atoms. The number of nitrogens with one attached hydrogen (secondary N) is 1. The van der Waals surface area contributed by atoms with Crippen molar-refractivity contribution in [3.05, 3.63) is 77.1 Å². The molecule has 1 atom stereocenters. The molecule has 3 aliphatic heterocycles. The van der Waals surface area contributed by atoms with Gasteiger partial charge in [-0.15, -0.1) is 0 Å². The summed E-state index contributed by atoms with van der Waals surface area (Å²) in [5.41, 5.74) is 2.38. The average Bonchev–Trinajstić information content (AvgIpc) is 3.34. The first-order valence-electron chi connectivity index (χ1n) is 10.8. The van der Waals surface area contributed by atoms with Crippen LogP contribution in [0.15, 0.2) is 54.7 Å². The number of fused-ring (bicyclic) bond motifs is 5. The molecule has 166 valence electrons. The first-order valence-corrected chi connectivity index (χ1v) is 10.8. The van der Waals surface area contributed by atoms with Gasteiger partial charge in [-0.05, 0) is 29.8 Å². The van der Waals surface area contributed by atoms with Gasteiger partial charge in [0.05, 0.1) is 17.8 Å². The summed E-state index contributed by atoms with van der Waals surface area (Å²) in [6.07, 6.45) is 1.63. The molecule has 1 unspecified atom stereocenters. The Hall–Kier alpha value is -4.07. The highest BCUT2D eigenvalue weighted by Crippen LogP contribution is 2.55. The van der Waals surface area contributed by atoms with Crippen LogP contribution >= 0.6 is 0 Å². The summed E-state index contributed by atoms with van der Waals surface area (Å²) in [6, 6.07) is 14.8. The van der Waals surface area contributed by atoms with Crippen LogP contribution in [0.3, 0.4) is 0 Å². The quantitative estimate of drug-likeness (QED) is 0.669. The Kier molecular flexibility index (Phi) is 4.29. The molecule has 2 amide bonds. The Labute approximate surface area is 190 Å². The maximum absolute atomic E-state index is 14.1. The fourth-order valence-corrected chi connectivity index (χ4v) is 4.92. The fraction of sp³-hybridized carbons (Fsp3) is 0.240. The number of aromatic nitrogens is 1. The number of benzene rings is 2. The summed E-state index contributed by atoms with van der Waals surface area (Å²) in [5, 5.41) is 2.64. The Morgan fingerprint density at radius 1 is 1.03 bits per heavy atom. The van der Waals surface area contributed by atoms with Gasteiger partial charge < -0.3 is 24.4 Å². The lowest BCUT2D eigenvalue weighted by atomic mass is 9.77. The van der Waals surface area contributed by atoms with Crippen LogP contribution in [-0.4, -0.2) is 43.7 Å². The van der Waals surface area contributed by atoms with Crippen LogP contribution in [0.5, 0.6) is 17.2 Å². The first kappa shape index (κ1) is 19.6. The van der Waals surface area contributed by atoms with E-state index >= 15 is 0 Å². The van der Waals surface area contributed by atoms with Crippen LogP contribution in [0.2, 0.25) is 0 Å². The highest BCUT2D eigenvalue weighted by atomic mass is 16.6. The van der Waals surface area contributed by atoms with Gasteiger partial charge in [0, 0.05) is 30.6 Å². The van der Waals surface area contributed by atoms with Crippen molar-refractivity contribution < 1.29 is 23.8 Å². The third kappa shape index (κ3) is 2.73. The van der Waals surface area contributed by atoms with Gasteiger partial charge in [0.15, 0.2) is 11.5 Å². The van der Waals surface area contributed by atoms with Gasteiger partial charge in [0.2, 0.25) is 5.91 Å².